The molecule has 0 atom stereocenters. The van der Waals surface area contributed by atoms with Crippen LogP contribution in [0.4, 0.5) is 0 Å². The number of amides is 2. The molecule has 0 bridgehead atoms. The van der Waals surface area contributed by atoms with Gasteiger partial charge in [0.05, 0.1) is 26.3 Å². The van der Waals surface area contributed by atoms with Crippen LogP contribution in [0.1, 0.15) is 46.9 Å². The fraction of sp³-hybridized carbons (Fsp3) is 0.556. The van der Waals surface area contributed by atoms with Crippen molar-refractivity contribution in [1.82, 2.24) is 10.0 Å². The summed E-state index contributed by atoms with van der Waals surface area (Å²) in [4.78, 5) is 25.9. The van der Waals surface area contributed by atoms with Gasteiger partial charge in [-0.15, -0.1) is 0 Å². The van der Waals surface area contributed by atoms with Crippen LogP contribution in [0, 0.1) is 13.8 Å². The summed E-state index contributed by atoms with van der Waals surface area (Å²) >= 11 is 0. The monoisotopic (exact) mass is 314 g/mol. The maximum absolute atomic E-state index is 12.9. The van der Waals surface area contributed by atoms with E-state index in [0.29, 0.717) is 32.2 Å². The van der Waals surface area contributed by atoms with Crippen LogP contribution >= 0.6 is 0 Å². The Morgan fingerprint density at radius 2 is 1.61 bits per heavy atom. The second-order valence-corrected chi connectivity index (χ2v) is 6.83. The Labute approximate surface area is 136 Å². The van der Waals surface area contributed by atoms with Gasteiger partial charge in [-0.2, -0.15) is 0 Å². The number of carbonyl (C=O) groups is 2. The Bertz CT molecular complexity index is 657. The number of rotatable bonds is 2. The van der Waals surface area contributed by atoms with Gasteiger partial charge < -0.3 is 4.74 Å². The molecule has 2 saturated heterocycles. The highest BCUT2D eigenvalue weighted by molar-refractivity contribution is 6.10. The standard InChI is InChI=1S/C18H22N2O3/c1-11-9-12(2)15(14(10-11)13-3-4-13)16-17(21)19-5-7-23-8-6-20(19)18(16)22/h9-10,13,16H,3-8H2,1-2H3. The van der Waals surface area contributed by atoms with Gasteiger partial charge in [0, 0.05) is 0 Å². The van der Waals surface area contributed by atoms with Crippen molar-refractivity contribution >= 4 is 11.8 Å². The Morgan fingerprint density at radius 3 is 2.17 bits per heavy atom. The van der Waals surface area contributed by atoms with Crippen molar-refractivity contribution in [1.29, 1.82) is 0 Å². The molecule has 1 aliphatic carbocycles. The molecule has 3 fully saturated rings. The van der Waals surface area contributed by atoms with Crippen LogP contribution in [0.3, 0.4) is 0 Å². The van der Waals surface area contributed by atoms with E-state index in [9.17, 15) is 9.59 Å². The summed E-state index contributed by atoms with van der Waals surface area (Å²) in [5.41, 5.74) is 4.44. The van der Waals surface area contributed by atoms with Gasteiger partial charge in [0.25, 0.3) is 11.8 Å². The minimum Gasteiger partial charge on any atom is -0.378 e. The summed E-state index contributed by atoms with van der Waals surface area (Å²) in [7, 11) is 0. The van der Waals surface area contributed by atoms with E-state index in [2.05, 4.69) is 19.1 Å². The van der Waals surface area contributed by atoms with Crippen molar-refractivity contribution < 1.29 is 14.3 Å². The minimum atomic E-state index is -0.663. The third kappa shape index (κ3) is 2.34. The number of benzene rings is 1. The van der Waals surface area contributed by atoms with E-state index in [1.165, 1.54) is 11.1 Å². The Kier molecular flexibility index (Phi) is 3.41. The second-order valence-electron chi connectivity index (χ2n) is 6.83. The zero-order valence-electron chi connectivity index (χ0n) is 13.7. The Balaban J connectivity index is 1.79. The molecule has 122 valence electrons. The Hall–Kier alpha value is -1.88. The van der Waals surface area contributed by atoms with Gasteiger partial charge in [-0.3, -0.25) is 9.59 Å². The van der Waals surface area contributed by atoms with Crippen LogP contribution in [0.5, 0.6) is 0 Å². The van der Waals surface area contributed by atoms with Gasteiger partial charge >= 0.3 is 0 Å². The van der Waals surface area contributed by atoms with Crippen LogP contribution in [0.15, 0.2) is 12.1 Å². The van der Waals surface area contributed by atoms with E-state index in [1.807, 2.05) is 6.92 Å². The average molecular weight is 314 g/mol. The lowest BCUT2D eigenvalue weighted by molar-refractivity contribution is -0.145. The van der Waals surface area contributed by atoms with Crippen molar-refractivity contribution in [2.75, 3.05) is 26.3 Å². The predicted octanol–water partition coefficient (Wildman–Crippen LogP) is 1.88. The maximum atomic E-state index is 12.9. The summed E-state index contributed by atoms with van der Waals surface area (Å²) < 4.78 is 5.39. The topological polar surface area (TPSA) is 49.9 Å². The molecule has 0 radical (unpaired) electrons. The van der Waals surface area contributed by atoms with E-state index in [1.54, 1.807) is 10.0 Å². The maximum Gasteiger partial charge on any atom is 0.258 e. The normalized spacial score (nSPS) is 22.5. The third-order valence-electron chi connectivity index (χ3n) is 5.06. The molecule has 0 unspecified atom stereocenters. The summed E-state index contributed by atoms with van der Waals surface area (Å²) in [6.45, 7) is 6.01. The molecule has 1 aromatic carbocycles. The van der Waals surface area contributed by atoms with Crippen LogP contribution in [-0.2, 0) is 14.3 Å². The molecule has 2 heterocycles. The van der Waals surface area contributed by atoms with Crippen LogP contribution < -0.4 is 0 Å². The number of fused-ring (bicyclic) bond motifs is 1. The van der Waals surface area contributed by atoms with E-state index >= 15 is 0 Å². The van der Waals surface area contributed by atoms with E-state index < -0.39 is 5.92 Å². The van der Waals surface area contributed by atoms with Crippen LogP contribution in [0.2, 0.25) is 0 Å². The fourth-order valence-corrected chi connectivity index (χ4v) is 3.89. The van der Waals surface area contributed by atoms with Gasteiger partial charge in [0.2, 0.25) is 0 Å². The molecule has 0 aromatic heterocycles. The molecule has 1 aromatic rings. The first-order valence-electron chi connectivity index (χ1n) is 8.39. The minimum absolute atomic E-state index is 0.0886. The van der Waals surface area contributed by atoms with Gasteiger partial charge in [-0.25, -0.2) is 10.0 Å². The molecule has 23 heavy (non-hydrogen) atoms. The summed E-state index contributed by atoms with van der Waals surface area (Å²) in [5, 5.41) is 3.19. The van der Waals surface area contributed by atoms with Crippen molar-refractivity contribution in [3.8, 4) is 0 Å². The molecular weight excluding hydrogens is 292 g/mol. The lowest BCUT2D eigenvalue weighted by atomic mass is 9.86. The predicted molar refractivity (Wildman–Crippen MR) is 84.9 cm³/mol. The van der Waals surface area contributed by atoms with E-state index in [-0.39, 0.29) is 11.8 Å². The number of aryl methyl sites for hydroxylation is 2. The molecule has 0 spiro atoms. The molecule has 4 rings (SSSR count). The van der Waals surface area contributed by atoms with Crippen molar-refractivity contribution in [2.45, 2.75) is 38.5 Å². The first-order valence-corrected chi connectivity index (χ1v) is 8.39. The fourth-order valence-electron chi connectivity index (χ4n) is 3.89. The SMILES string of the molecule is Cc1cc(C)c(C2C(=O)N3CCOCCN3C2=O)c(C2CC2)c1. The van der Waals surface area contributed by atoms with E-state index in [0.717, 1.165) is 24.0 Å². The smallest absolute Gasteiger partial charge is 0.258 e. The quantitative estimate of drug-likeness (QED) is 0.783. The average Bonchev–Trinajstić information content (AvgIpc) is 3.32. The van der Waals surface area contributed by atoms with E-state index in [4.69, 9.17) is 4.74 Å². The largest absolute Gasteiger partial charge is 0.378 e. The van der Waals surface area contributed by atoms with Crippen LogP contribution in [0.25, 0.3) is 0 Å². The van der Waals surface area contributed by atoms with Gasteiger partial charge in [-0.05, 0) is 49.3 Å². The first kappa shape index (κ1) is 14.7. The van der Waals surface area contributed by atoms with Crippen molar-refractivity contribution in [3.63, 3.8) is 0 Å². The van der Waals surface area contributed by atoms with Crippen LogP contribution in [-0.4, -0.2) is 48.1 Å². The van der Waals surface area contributed by atoms with Crippen molar-refractivity contribution in [3.05, 3.63) is 34.4 Å². The lowest BCUT2D eigenvalue weighted by Gasteiger charge is -2.23. The lowest BCUT2D eigenvalue weighted by Crippen LogP contribution is -2.41. The molecular formula is C18H22N2O3. The van der Waals surface area contributed by atoms with Gasteiger partial charge in [-0.1, -0.05) is 17.7 Å². The van der Waals surface area contributed by atoms with Gasteiger partial charge in [0.1, 0.15) is 5.92 Å². The first-order chi connectivity index (χ1) is 11.1. The highest BCUT2D eigenvalue weighted by Gasteiger charge is 2.48. The number of hydrogen-bond acceptors (Lipinski definition) is 3. The molecule has 2 aliphatic heterocycles. The number of hydrazine groups is 1. The highest BCUT2D eigenvalue weighted by Crippen LogP contribution is 2.46. The zero-order valence-corrected chi connectivity index (χ0v) is 13.7. The molecule has 5 nitrogen and oxygen atoms in total. The summed E-state index contributed by atoms with van der Waals surface area (Å²) in [6, 6.07) is 4.26. The molecule has 0 N–H and O–H groups in total. The number of hydrogen-bond donors (Lipinski definition) is 0. The third-order valence-corrected chi connectivity index (χ3v) is 5.06. The Morgan fingerprint density at radius 1 is 1.00 bits per heavy atom. The highest BCUT2D eigenvalue weighted by atomic mass is 16.5. The van der Waals surface area contributed by atoms with Gasteiger partial charge in [0.15, 0.2) is 0 Å². The number of ether oxygens (including phenoxy) is 1. The summed E-state index contributed by atoms with van der Waals surface area (Å²) in [5.74, 6) is -0.323. The zero-order chi connectivity index (χ0) is 16.1. The van der Waals surface area contributed by atoms with Crippen molar-refractivity contribution in [2.24, 2.45) is 0 Å². The number of nitrogens with zero attached hydrogens (tertiary/aromatic N) is 2. The molecule has 1 saturated carbocycles. The molecule has 3 aliphatic rings. The molecule has 2 amide bonds. The molecule has 5 heteroatoms. The summed E-state index contributed by atoms with van der Waals surface area (Å²) in [6.07, 6.45) is 2.32. The number of carbonyl (C=O) groups excluding carboxylic acids is 2. The second kappa shape index (κ2) is 5.34.